The third kappa shape index (κ3) is 4.58. The average molecular weight is 390 g/mol. The van der Waals surface area contributed by atoms with E-state index in [2.05, 4.69) is 18.1 Å². The number of carbonyl (C=O) groups excluding carboxylic acids is 2. The minimum atomic E-state index is -4.65. The lowest BCUT2D eigenvalue weighted by Gasteiger charge is -2.18. The normalized spacial score (nSPS) is 11.1. The molecule has 25 heavy (non-hydrogen) atoms. The average Bonchev–Trinajstić information content (AvgIpc) is 2.55. The molecule has 2 aromatic carbocycles. The van der Waals surface area contributed by atoms with Crippen LogP contribution in [0.15, 0.2) is 42.5 Å². The number of thiol groups is 1. The second-order valence-electron chi connectivity index (χ2n) is 4.85. The van der Waals surface area contributed by atoms with Crippen molar-refractivity contribution >= 4 is 47.7 Å². The Morgan fingerprint density at radius 2 is 1.72 bits per heavy atom. The summed E-state index contributed by atoms with van der Waals surface area (Å²) < 4.78 is 39.4. The molecule has 0 atom stereocenters. The molecule has 3 N–H and O–H groups in total. The number of carbonyl (C=O) groups is 2. The zero-order valence-corrected chi connectivity index (χ0v) is 14.0. The van der Waals surface area contributed by atoms with Crippen LogP contribution in [0.1, 0.15) is 15.9 Å². The van der Waals surface area contributed by atoms with Gasteiger partial charge in [0.25, 0.3) is 0 Å². The quantitative estimate of drug-likeness (QED) is 0.683. The van der Waals surface area contributed by atoms with Crippen molar-refractivity contribution in [3.8, 4) is 0 Å². The van der Waals surface area contributed by atoms with Crippen molar-refractivity contribution in [1.29, 1.82) is 0 Å². The van der Waals surface area contributed by atoms with Crippen LogP contribution in [-0.4, -0.2) is 11.9 Å². The maximum Gasteiger partial charge on any atom is 0.417 e. The Hall–Kier alpha value is -2.39. The van der Waals surface area contributed by atoms with Crippen LogP contribution in [0.4, 0.5) is 29.3 Å². The number of anilines is 2. The van der Waals surface area contributed by atoms with E-state index in [1.807, 2.05) is 0 Å². The monoisotopic (exact) mass is 389 g/mol. The van der Waals surface area contributed by atoms with Gasteiger partial charge in [-0.15, -0.1) is 0 Å². The second kappa shape index (κ2) is 7.24. The topological polar surface area (TPSA) is 75.4 Å². The van der Waals surface area contributed by atoms with E-state index < -0.39 is 28.7 Å². The zero-order chi connectivity index (χ0) is 18.8. The lowest BCUT2D eigenvalue weighted by atomic mass is 10.2. The molecule has 2 aromatic rings. The van der Waals surface area contributed by atoms with Crippen LogP contribution in [0.2, 0.25) is 5.02 Å². The summed E-state index contributed by atoms with van der Waals surface area (Å²) in [5.41, 5.74) is 4.46. The van der Waals surface area contributed by atoms with Crippen molar-refractivity contribution in [3.63, 3.8) is 0 Å². The van der Waals surface area contributed by atoms with E-state index >= 15 is 0 Å². The Balaban J connectivity index is 2.17. The Morgan fingerprint density at radius 1 is 1.12 bits per heavy atom. The number of nitrogens with zero attached hydrogens (tertiary/aromatic N) is 1. The molecule has 0 bridgehead atoms. The highest BCUT2D eigenvalue weighted by Gasteiger charge is 2.33. The highest BCUT2D eigenvalue weighted by atomic mass is 35.5. The standard InChI is InChI=1S/C15H11ClF3N3O2S/c16-12-6-3-9(7-11(12)15(17,18)19)21-14(24)22(25)10-4-1-8(2-5-10)13(20)23/h1-7,25H,(H2,20,23)(H,21,24). The molecule has 0 unspecified atom stereocenters. The lowest BCUT2D eigenvalue weighted by Crippen LogP contribution is -2.27. The number of hydrogen-bond donors (Lipinski definition) is 3. The number of amides is 3. The summed E-state index contributed by atoms with van der Waals surface area (Å²) in [6, 6.07) is 7.78. The third-order valence-electron chi connectivity index (χ3n) is 3.11. The third-order valence-corrected chi connectivity index (χ3v) is 3.85. The highest BCUT2D eigenvalue weighted by Crippen LogP contribution is 2.36. The van der Waals surface area contributed by atoms with E-state index in [0.29, 0.717) is 0 Å². The van der Waals surface area contributed by atoms with E-state index in [0.717, 1.165) is 16.4 Å². The van der Waals surface area contributed by atoms with Crippen LogP contribution < -0.4 is 15.4 Å². The van der Waals surface area contributed by atoms with Gasteiger partial charge in [-0.05, 0) is 42.5 Å². The maximum atomic E-state index is 12.8. The fraction of sp³-hybridized carbons (Fsp3) is 0.0667. The molecule has 2 rings (SSSR count). The molecular formula is C15H11ClF3N3O2S. The predicted octanol–water partition coefficient (Wildman–Crippen LogP) is 4.34. The van der Waals surface area contributed by atoms with Gasteiger partial charge in [0.2, 0.25) is 5.91 Å². The molecule has 0 aliphatic heterocycles. The fourth-order valence-corrected chi connectivity index (χ4v) is 2.29. The van der Waals surface area contributed by atoms with Crippen LogP contribution in [0.3, 0.4) is 0 Å². The number of nitrogens with two attached hydrogens (primary N) is 1. The largest absolute Gasteiger partial charge is 0.417 e. The van der Waals surface area contributed by atoms with Gasteiger partial charge in [-0.1, -0.05) is 24.4 Å². The van der Waals surface area contributed by atoms with Gasteiger partial charge in [0.05, 0.1) is 16.3 Å². The van der Waals surface area contributed by atoms with E-state index in [1.54, 1.807) is 0 Å². The predicted molar refractivity (Wildman–Crippen MR) is 91.9 cm³/mol. The molecule has 0 fully saturated rings. The van der Waals surface area contributed by atoms with Crippen molar-refractivity contribution in [2.45, 2.75) is 6.18 Å². The first-order chi connectivity index (χ1) is 11.6. The minimum Gasteiger partial charge on any atom is -0.366 e. The first-order valence-corrected chi connectivity index (χ1v) is 7.44. The van der Waals surface area contributed by atoms with Gasteiger partial charge in [0.1, 0.15) is 0 Å². The molecule has 0 aromatic heterocycles. The molecule has 132 valence electrons. The Morgan fingerprint density at radius 3 is 2.24 bits per heavy atom. The summed E-state index contributed by atoms with van der Waals surface area (Å²) in [6.07, 6.45) is -4.65. The number of alkyl halides is 3. The fourth-order valence-electron chi connectivity index (χ4n) is 1.88. The van der Waals surface area contributed by atoms with E-state index in [9.17, 15) is 22.8 Å². The molecule has 0 saturated carbocycles. The maximum absolute atomic E-state index is 12.8. The molecule has 10 heteroatoms. The summed E-state index contributed by atoms with van der Waals surface area (Å²) in [5, 5.41) is 1.80. The SMILES string of the molecule is NC(=O)c1ccc(N(S)C(=O)Nc2ccc(Cl)c(C(F)(F)F)c2)cc1. The summed E-state index contributed by atoms with van der Waals surface area (Å²) in [5.74, 6) is -0.637. The molecule has 0 saturated heterocycles. The number of nitrogens with one attached hydrogen (secondary N) is 1. The van der Waals surface area contributed by atoms with Crippen LogP contribution in [0, 0.1) is 0 Å². The number of urea groups is 1. The summed E-state index contributed by atoms with van der Waals surface area (Å²) >= 11 is 9.51. The van der Waals surface area contributed by atoms with Gasteiger partial charge >= 0.3 is 12.2 Å². The Labute approximate surface area is 151 Å². The van der Waals surface area contributed by atoms with Crippen LogP contribution in [0.5, 0.6) is 0 Å². The minimum absolute atomic E-state index is 0.102. The number of hydrogen-bond acceptors (Lipinski definition) is 3. The first kappa shape index (κ1) is 18.9. The van der Waals surface area contributed by atoms with E-state index in [4.69, 9.17) is 17.3 Å². The molecule has 5 nitrogen and oxygen atoms in total. The summed E-state index contributed by atoms with van der Waals surface area (Å²) in [6.45, 7) is 0. The molecule has 0 aliphatic rings. The lowest BCUT2D eigenvalue weighted by molar-refractivity contribution is -0.137. The van der Waals surface area contributed by atoms with Crippen molar-refractivity contribution in [2.75, 3.05) is 9.62 Å². The highest BCUT2D eigenvalue weighted by molar-refractivity contribution is 7.82. The van der Waals surface area contributed by atoms with Gasteiger partial charge in [-0.2, -0.15) is 13.2 Å². The molecule has 0 aliphatic carbocycles. The molecule has 3 amide bonds. The van der Waals surface area contributed by atoms with Gasteiger partial charge in [0, 0.05) is 11.3 Å². The van der Waals surface area contributed by atoms with Crippen molar-refractivity contribution < 1.29 is 22.8 Å². The van der Waals surface area contributed by atoms with Crippen LogP contribution >= 0.6 is 24.4 Å². The number of rotatable bonds is 3. The van der Waals surface area contributed by atoms with E-state index in [-0.39, 0.29) is 16.9 Å². The van der Waals surface area contributed by atoms with Crippen molar-refractivity contribution in [2.24, 2.45) is 5.73 Å². The Kier molecular flexibility index (Phi) is 5.48. The van der Waals surface area contributed by atoms with Crippen molar-refractivity contribution in [3.05, 3.63) is 58.6 Å². The number of benzene rings is 2. The number of halogens is 4. The van der Waals surface area contributed by atoms with Gasteiger partial charge < -0.3 is 11.1 Å². The van der Waals surface area contributed by atoms with Crippen LogP contribution in [0.25, 0.3) is 0 Å². The molecule has 0 heterocycles. The van der Waals surface area contributed by atoms with Gasteiger partial charge in [0.15, 0.2) is 0 Å². The Bertz CT molecular complexity index is 813. The van der Waals surface area contributed by atoms with Gasteiger partial charge in [-0.3, -0.25) is 4.79 Å². The summed E-state index contributed by atoms with van der Waals surface area (Å²) in [4.78, 5) is 23.1. The smallest absolute Gasteiger partial charge is 0.366 e. The van der Waals surface area contributed by atoms with Crippen LogP contribution in [-0.2, 0) is 6.18 Å². The molecular weight excluding hydrogens is 379 g/mol. The zero-order valence-electron chi connectivity index (χ0n) is 12.3. The molecule has 0 spiro atoms. The van der Waals surface area contributed by atoms with E-state index in [1.165, 1.54) is 30.3 Å². The number of primary amides is 1. The van der Waals surface area contributed by atoms with Gasteiger partial charge in [-0.25, -0.2) is 9.10 Å². The van der Waals surface area contributed by atoms with Crippen molar-refractivity contribution in [1.82, 2.24) is 0 Å². The second-order valence-corrected chi connectivity index (χ2v) is 5.65. The summed E-state index contributed by atoms with van der Waals surface area (Å²) in [7, 11) is 0. The molecule has 0 radical (unpaired) electrons. The first-order valence-electron chi connectivity index (χ1n) is 6.66.